The van der Waals surface area contributed by atoms with Gasteiger partial charge in [0.15, 0.2) is 0 Å². The van der Waals surface area contributed by atoms with Gasteiger partial charge >= 0.3 is 0 Å². The van der Waals surface area contributed by atoms with Gasteiger partial charge in [0.1, 0.15) is 71.0 Å². The monoisotopic (exact) mass is 1640 g/mol. The lowest BCUT2D eigenvalue weighted by atomic mass is 9.88. The molecule has 4 saturated heterocycles. The second-order valence-corrected chi connectivity index (χ2v) is 36.9. The summed E-state index contributed by atoms with van der Waals surface area (Å²) < 4.78 is 81.5. The minimum Gasteiger partial charge on any atom is -0.487 e. The topological polar surface area (TPSA) is 432 Å². The van der Waals surface area contributed by atoms with Crippen molar-refractivity contribution in [3.05, 3.63) is 116 Å². The lowest BCUT2D eigenvalue weighted by molar-refractivity contribution is -0.149. The maximum Gasteiger partial charge on any atom is 0.264 e. The summed E-state index contributed by atoms with van der Waals surface area (Å²) in [6.45, 7) is 24.3. The molecular weight excluding hydrogens is 1530 g/mol. The van der Waals surface area contributed by atoms with Gasteiger partial charge in [-0.3, -0.25) is 53.1 Å². The van der Waals surface area contributed by atoms with Crippen molar-refractivity contribution in [1.82, 2.24) is 56.0 Å². The summed E-state index contributed by atoms with van der Waals surface area (Å²) in [5.41, 5.74) is 17.0. The van der Waals surface area contributed by atoms with Crippen LogP contribution in [0.5, 0.6) is 11.5 Å². The van der Waals surface area contributed by atoms with E-state index in [1.165, 1.54) is 14.7 Å². The van der Waals surface area contributed by atoms with E-state index in [0.29, 0.717) is 101 Å². The van der Waals surface area contributed by atoms with E-state index in [0.717, 1.165) is 11.1 Å². The average molecular weight is 1650 g/mol. The number of ether oxygens (including phenoxy) is 3. The van der Waals surface area contributed by atoms with Crippen molar-refractivity contribution in [1.29, 1.82) is 0 Å². The number of guanidine groups is 2. The van der Waals surface area contributed by atoms with E-state index < -0.39 is 163 Å². The van der Waals surface area contributed by atoms with Crippen LogP contribution in [0.2, 0.25) is 0 Å². The quantitative estimate of drug-likeness (QED) is 0.0375. The highest BCUT2D eigenvalue weighted by Crippen LogP contribution is 2.44. The number of aliphatic imine (C=N–C) groups is 2. The molecule has 0 radical (unpaired) electrons. The first-order valence-corrected chi connectivity index (χ1v) is 43.3. The molecule has 31 nitrogen and oxygen atoms in total. The molecule has 4 aromatic rings. The Morgan fingerprint density at radius 2 is 0.931 bits per heavy atom. The highest BCUT2D eigenvalue weighted by Gasteiger charge is 2.47. The van der Waals surface area contributed by atoms with Gasteiger partial charge in [0.2, 0.25) is 65.1 Å². The van der Waals surface area contributed by atoms with E-state index >= 15 is 28.8 Å². The molecule has 4 fully saturated rings. The van der Waals surface area contributed by atoms with Crippen molar-refractivity contribution in [3.8, 4) is 11.5 Å². The van der Waals surface area contributed by atoms with Crippen LogP contribution < -0.4 is 62.3 Å². The predicted octanol–water partition coefficient (Wildman–Crippen LogP) is 4.41. The Kier molecular flexibility index (Phi) is 28.0. The van der Waals surface area contributed by atoms with E-state index in [1.54, 1.807) is 130 Å². The maximum absolute atomic E-state index is 15.6. The summed E-state index contributed by atoms with van der Waals surface area (Å²) in [6.07, 6.45) is 2.04. The minimum atomic E-state index is -4.38. The van der Waals surface area contributed by atoms with Crippen LogP contribution in [0.1, 0.15) is 188 Å². The SMILES string of the molecule is Cc1c(C)c(S(=O)(=O)NC(N)=NCCC[C@@H]2NC(=O)[C@H](Cc3ccccc3)NC(=O)[C@@H]3CCCN3C(=O)[C@H]([C@@H](C)OC(C)(C)C)NC(=O)[C@H](Cc3ccccc3)NC(=O)CNC(=O)[C@@H]3CCCN3C(=O)[C@@H]3CCCN3C(=O)[C@H](CCCN=C(N)NS(=O)(=O)c3c(C)c(C)c4c(c3C)CCC(C)(C)O4)NC2=O)c(C)c2c1OC(C)(C)CC2. The zero-order chi connectivity index (χ0) is 84.7. The van der Waals surface area contributed by atoms with Gasteiger partial charge in [-0.15, -0.1) is 0 Å². The molecule has 9 amide bonds. The number of rotatable bonds is 18. The van der Waals surface area contributed by atoms with E-state index in [9.17, 15) is 31.2 Å². The molecule has 116 heavy (non-hydrogen) atoms. The van der Waals surface area contributed by atoms with Gasteiger partial charge in [-0.05, 0) is 242 Å². The number of nitrogens with zero attached hydrogens (tertiary/aromatic N) is 5. The van der Waals surface area contributed by atoms with E-state index in [-0.39, 0.29) is 100 Å². The fourth-order valence-electron chi connectivity index (χ4n) is 16.6. The second-order valence-electron chi connectivity index (χ2n) is 33.7. The summed E-state index contributed by atoms with van der Waals surface area (Å²) >= 11 is 0. The molecule has 0 saturated carbocycles. The Hall–Kier alpha value is -9.89. The number of hydrogen-bond donors (Lipinski definition) is 10. The number of hydrogen-bond acceptors (Lipinski definition) is 18. The molecular formula is C83H117N15O16S2. The molecule has 12 N–H and O–H groups in total. The van der Waals surface area contributed by atoms with Crippen LogP contribution in [0.15, 0.2) is 80.4 Å². The van der Waals surface area contributed by atoms with Gasteiger partial charge in [-0.25, -0.2) is 26.3 Å². The molecule has 4 aromatic carbocycles. The van der Waals surface area contributed by atoms with Crippen molar-refractivity contribution in [3.63, 3.8) is 0 Å². The van der Waals surface area contributed by atoms with E-state index in [4.69, 9.17) is 25.7 Å². The predicted molar refractivity (Wildman–Crippen MR) is 437 cm³/mol. The summed E-state index contributed by atoms with van der Waals surface area (Å²) in [5, 5.41) is 16.9. The Balaban J connectivity index is 0.999. The molecule has 33 heteroatoms. The minimum absolute atomic E-state index is 0.0189. The Morgan fingerprint density at radius 3 is 1.41 bits per heavy atom. The van der Waals surface area contributed by atoms with Crippen molar-refractivity contribution < 1.29 is 74.2 Å². The van der Waals surface area contributed by atoms with Crippen LogP contribution in [0, 0.1) is 41.5 Å². The fraction of sp³-hybridized carbons (Fsp3) is 0.578. The second kappa shape index (κ2) is 36.7. The lowest BCUT2D eigenvalue weighted by Crippen LogP contribution is -2.62. The number of carbonyl (C=O) groups excluding carboxylic acids is 9. The third-order valence-corrected chi connectivity index (χ3v) is 26.1. The summed E-state index contributed by atoms with van der Waals surface area (Å²) in [6, 6.07) is 6.64. The number of nitrogens with two attached hydrogens (primary N) is 2. The van der Waals surface area contributed by atoms with Crippen molar-refractivity contribution >= 4 is 85.1 Å². The van der Waals surface area contributed by atoms with Gasteiger partial charge < -0.3 is 72.3 Å². The molecule has 6 aliphatic heterocycles. The van der Waals surface area contributed by atoms with Crippen LogP contribution in [0.4, 0.5) is 0 Å². The zero-order valence-corrected chi connectivity index (χ0v) is 70.9. The first-order chi connectivity index (χ1) is 54.5. The van der Waals surface area contributed by atoms with Gasteiger partial charge in [0.25, 0.3) is 20.0 Å². The molecule has 0 aliphatic carbocycles. The third kappa shape index (κ3) is 21.3. The number of carbonyl (C=O) groups is 9. The number of nitrogens with one attached hydrogen (secondary N) is 8. The molecule has 9 atom stereocenters. The van der Waals surface area contributed by atoms with Gasteiger partial charge in [-0.1, -0.05) is 60.7 Å². The number of amides is 9. The summed E-state index contributed by atoms with van der Waals surface area (Å²) in [5.74, 6) is -6.50. The highest BCUT2D eigenvalue weighted by molar-refractivity contribution is 7.90. The molecule has 0 bridgehead atoms. The highest BCUT2D eigenvalue weighted by atomic mass is 32.2. The third-order valence-electron chi connectivity index (χ3n) is 22.8. The Bertz CT molecular complexity index is 4700. The van der Waals surface area contributed by atoms with Crippen molar-refractivity contribution in [2.45, 2.75) is 281 Å². The maximum atomic E-state index is 15.6. The van der Waals surface area contributed by atoms with Crippen LogP contribution in [0.3, 0.4) is 0 Å². The summed E-state index contributed by atoms with van der Waals surface area (Å²) in [4.78, 5) is 149. The molecule has 0 aromatic heterocycles. The molecule has 10 rings (SSSR count). The normalized spacial score (nSPS) is 24.0. The average Bonchev–Trinajstić information content (AvgIpc) is 0.875. The molecule has 632 valence electrons. The van der Waals surface area contributed by atoms with Gasteiger partial charge in [0.05, 0.1) is 28.0 Å². The van der Waals surface area contributed by atoms with E-state index in [2.05, 4.69) is 51.3 Å². The van der Waals surface area contributed by atoms with Crippen LogP contribution >= 0.6 is 0 Å². The van der Waals surface area contributed by atoms with Gasteiger partial charge in [0, 0.05) is 45.6 Å². The standard InChI is InChI=1S/C83H117N15O16S2/c1-47-49(3)69(51(5)56-35-37-82(11,12)113-67(47)56)115(108,109)94-79(84)86-39-21-30-58-71(100)91-59(31-22-40-87-80(85)95-116(110,111)70-50(4)48(2)68-57(52(70)6)36-38-83(13,14)114-68)76(105)98-43-25-34-64(98)77(106)96-41-23-32-62(96)74(103)88-46-65(99)89-60(44-54-26-17-15-18-27-54)73(102)93-66(53(7)112-81(8,9)10)78(107)97-42-24-33-63(97)75(104)92-61(72(101)90-58)45-55-28-19-16-20-29-55/h15-20,26-29,53,58-64,66H,21-25,30-46H2,1-14H3,(H,88,103)(H,89,99)(H,90,101)(H,91,100)(H,92,104)(H,93,102)(H3,84,86,94)(H3,85,87,95)/t53-,58+,59+,60+,61+,62+,63+,64+,66+/m1/s1. The Morgan fingerprint density at radius 1 is 0.526 bits per heavy atom. The Labute approximate surface area is 681 Å². The number of sulfonamides is 2. The molecule has 6 heterocycles. The lowest BCUT2D eigenvalue weighted by Gasteiger charge is -2.35. The zero-order valence-electron chi connectivity index (χ0n) is 69.3. The molecule has 0 spiro atoms. The summed E-state index contributed by atoms with van der Waals surface area (Å²) in [7, 11) is -8.75. The smallest absolute Gasteiger partial charge is 0.264 e. The largest absolute Gasteiger partial charge is 0.487 e. The van der Waals surface area contributed by atoms with Crippen molar-refractivity contribution in [2.24, 2.45) is 21.5 Å². The fourth-order valence-corrected chi connectivity index (χ4v) is 19.7. The first kappa shape index (κ1) is 88.5. The van der Waals surface area contributed by atoms with Crippen molar-refractivity contribution in [2.75, 3.05) is 39.3 Å². The first-order valence-electron chi connectivity index (χ1n) is 40.3. The molecule has 0 unspecified atom stereocenters. The number of fused-ring (bicyclic) bond motifs is 5. The van der Waals surface area contributed by atoms with Gasteiger partial charge in [-0.2, -0.15) is 0 Å². The molecule has 6 aliphatic rings. The van der Waals surface area contributed by atoms with Crippen LogP contribution in [-0.4, -0.2) is 207 Å². The van der Waals surface area contributed by atoms with E-state index in [1.807, 2.05) is 27.7 Å². The number of benzene rings is 4. The van der Waals surface area contributed by atoms with Crippen LogP contribution in [0.25, 0.3) is 0 Å². The van der Waals surface area contributed by atoms with Crippen LogP contribution in [-0.2, 0) is 93.6 Å².